The van der Waals surface area contributed by atoms with Crippen molar-refractivity contribution in [2.24, 2.45) is 7.05 Å². The highest BCUT2D eigenvalue weighted by atomic mass is 19.4. The van der Waals surface area contributed by atoms with Crippen LogP contribution in [0.2, 0.25) is 0 Å². The maximum Gasteiger partial charge on any atom is 0.433 e. The number of aryl methyl sites for hydroxylation is 1. The van der Waals surface area contributed by atoms with Gasteiger partial charge in [-0.25, -0.2) is 4.98 Å². The Balaban J connectivity index is 1.65. The zero-order chi connectivity index (χ0) is 20.6. The zero-order valence-electron chi connectivity index (χ0n) is 15.3. The number of amides is 1. The molecule has 0 atom stereocenters. The number of rotatable bonds is 4. The van der Waals surface area contributed by atoms with E-state index in [2.05, 4.69) is 15.4 Å². The van der Waals surface area contributed by atoms with Gasteiger partial charge in [0, 0.05) is 19.0 Å². The summed E-state index contributed by atoms with van der Waals surface area (Å²) in [5.41, 5.74) is 0.747. The Morgan fingerprint density at radius 2 is 1.93 bits per heavy atom. The summed E-state index contributed by atoms with van der Waals surface area (Å²) in [6.07, 6.45) is -3.48. The Bertz CT molecular complexity index is 1180. The van der Waals surface area contributed by atoms with E-state index in [0.29, 0.717) is 23.3 Å². The minimum atomic E-state index is -4.57. The standard InChI is InChI=1S/C20H16F3N5O/c1-28-16(19(29)24-10-12-5-3-2-4-6-12)9-13-7-8-15(26-18(13)28)14-11-25-27-17(14)20(21,22)23/h2-9,11H,10H2,1H3,(H,24,29)(H,25,27). The number of H-pyrrole nitrogens is 1. The Labute approximate surface area is 163 Å². The Morgan fingerprint density at radius 1 is 1.17 bits per heavy atom. The number of benzene rings is 1. The molecular formula is C20H16F3N5O. The normalized spacial score (nSPS) is 11.7. The summed E-state index contributed by atoms with van der Waals surface area (Å²) in [6.45, 7) is 0.365. The smallest absolute Gasteiger partial charge is 0.347 e. The van der Waals surface area contributed by atoms with E-state index in [-0.39, 0.29) is 17.2 Å². The second kappa shape index (κ2) is 7.08. The molecule has 0 fully saturated rings. The van der Waals surface area contributed by atoms with Crippen molar-refractivity contribution in [3.63, 3.8) is 0 Å². The van der Waals surface area contributed by atoms with Crippen LogP contribution >= 0.6 is 0 Å². The van der Waals surface area contributed by atoms with Crippen molar-refractivity contribution in [2.75, 3.05) is 0 Å². The van der Waals surface area contributed by atoms with Gasteiger partial charge in [-0.2, -0.15) is 18.3 Å². The van der Waals surface area contributed by atoms with Crippen LogP contribution in [0.15, 0.2) is 54.7 Å². The van der Waals surface area contributed by atoms with E-state index in [1.54, 1.807) is 23.7 Å². The molecule has 9 heteroatoms. The molecule has 148 valence electrons. The lowest BCUT2D eigenvalue weighted by Crippen LogP contribution is -2.24. The molecule has 0 radical (unpaired) electrons. The summed E-state index contributed by atoms with van der Waals surface area (Å²) in [6, 6.07) is 14.2. The molecule has 29 heavy (non-hydrogen) atoms. The fourth-order valence-electron chi connectivity index (χ4n) is 3.13. The highest BCUT2D eigenvalue weighted by Crippen LogP contribution is 2.35. The van der Waals surface area contributed by atoms with Crippen LogP contribution in [0.1, 0.15) is 21.7 Å². The molecule has 0 saturated heterocycles. The Morgan fingerprint density at radius 3 is 2.66 bits per heavy atom. The number of aromatic amines is 1. The maximum absolute atomic E-state index is 13.1. The molecule has 0 unspecified atom stereocenters. The minimum Gasteiger partial charge on any atom is -0.347 e. The number of hydrogen-bond acceptors (Lipinski definition) is 3. The molecule has 2 N–H and O–H groups in total. The van der Waals surface area contributed by atoms with Crippen molar-refractivity contribution in [3.8, 4) is 11.3 Å². The van der Waals surface area contributed by atoms with Gasteiger partial charge in [-0.05, 0) is 23.8 Å². The monoisotopic (exact) mass is 399 g/mol. The first-order chi connectivity index (χ1) is 13.8. The first kappa shape index (κ1) is 18.7. The molecule has 1 amide bonds. The van der Waals surface area contributed by atoms with E-state index in [9.17, 15) is 18.0 Å². The van der Waals surface area contributed by atoms with Crippen LogP contribution in [0.3, 0.4) is 0 Å². The van der Waals surface area contributed by atoms with Crippen molar-refractivity contribution in [3.05, 3.63) is 71.7 Å². The van der Waals surface area contributed by atoms with Gasteiger partial charge in [-0.3, -0.25) is 9.89 Å². The maximum atomic E-state index is 13.1. The molecule has 0 aliphatic carbocycles. The molecule has 4 rings (SSSR count). The highest BCUT2D eigenvalue weighted by molar-refractivity contribution is 5.98. The molecule has 0 aliphatic heterocycles. The van der Waals surface area contributed by atoms with Crippen LogP contribution in [0.4, 0.5) is 13.2 Å². The Kier molecular flexibility index (Phi) is 4.57. The Hall–Kier alpha value is -3.62. The van der Waals surface area contributed by atoms with Crippen LogP contribution in [-0.4, -0.2) is 25.7 Å². The molecular weight excluding hydrogens is 383 g/mol. The predicted octanol–water partition coefficient (Wildman–Crippen LogP) is 3.91. The van der Waals surface area contributed by atoms with Crippen LogP contribution < -0.4 is 5.32 Å². The fraction of sp³-hybridized carbons (Fsp3) is 0.150. The van der Waals surface area contributed by atoms with Gasteiger partial charge >= 0.3 is 6.18 Å². The van der Waals surface area contributed by atoms with Crippen LogP contribution in [0, 0.1) is 0 Å². The van der Waals surface area contributed by atoms with Gasteiger partial charge in [-0.1, -0.05) is 30.3 Å². The summed E-state index contributed by atoms with van der Waals surface area (Å²) >= 11 is 0. The predicted molar refractivity (Wildman–Crippen MR) is 101 cm³/mol. The van der Waals surface area contributed by atoms with E-state index < -0.39 is 11.9 Å². The molecule has 3 heterocycles. The van der Waals surface area contributed by atoms with Gasteiger partial charge in [0.15, 0.2) is 0 Å². The minimum absolute atomic E-state index is 0.121. The van der Waals surface area contributed by atoms with Crippen molar-refractivity contribution >= 4 is 16.9 Å². The van der Waals surface area contributed by atoms with E-state index in [1.165, 1.54) is 6.07 Å². The lowest BCUT2D eigenvalue weighted by molar-refractivity contribution is -0.140. The number of fused-ring (bicyclic) bond motifs is 1. The largest absolute Gasteiger partial charge is 0.433 e. The summed E-state index contributed by atoms with van der Waals surface area (Å²) in [7, 11) is 1.65. The topological polar surface area (TPSA) is 75.6 Å². The van der Waals surface area contributed by atoms with Gasteiger partial charge in [0.1, 0.15) is 17.0 Å². The third-order valence-electron chi connectivity index (χ3n) is 4.60. The van der Waals surface area contributed by atoms with Gasteiger partial charge in [0.25, 0.3) is 5.91 Å². The van der Waals surface area contributed by atoms with E-state index in [4.69, 9.17) is 0 Å². The molecule has 1 aromatic carbocycles. The van der Waals surface area contributed by atoms with Crippen LogP contribution in [0.25, 0.3) is 22.3 Å². The summed E-state index contributed by atoms with van der Waals surface area (Å²) in [5.74, 6) is -0.296. The fourth-order valence-corrected chi connectivity index (χ4v) is 3.13. The molecule has 4 aromatic rings. The first-order valence-electron chi connectivity index (χ1n) is 8.74. The lowest BCUT2D eigenvalue weighted by atomic mass is 10.1. The van der Waals surface area contributed by atoms with Crippen LogP contribution in [-0.2, 0) is 19.8 Å². The van der Waals surface area contributed by atoms with E-state index in [0.717, 1.165) is 11.8 Å². The zero-order valence-corrected chi connectivity index (χ0v) is 15.3. The summed E-state index contributed by atoms with van der Waals surface area (Å²) in [4.78, 5) is 16.9. The van der Waals surface area contributed by atoms with Crippen molar-refractivity contribution < 1.29 is 18.0 Å². The number of alkyl halides is 3. The number of hydrogen-bond donors (Lipinski definition) is 2. The van der Waals surface area contributed by atoms with Gasteiger partial charge in [0.05, 0.1) is 17.5 Å². The SMILES string of the molecule is Cn1c(C(=O)NCc2ccccc2)cc2ccc(-c3cn[nH]c3C(F)(F)F)nc21. The third kappa shape index (κ3) is 3.58. The number of aromatic nitrogens is 4. The average Bonchev–Trinajstić information content (AvgIpc) is 3.32. The van der Waals surface area contributed by atoms with Crippen molar-refractivity contribution in [2.45, 2.75) is 12.7 Å². The molecule has 0 bridgehead atoms. The van der Waals surface area contributed by atoms with Crippen molar-refractivity contribution in [1.82, 2.24) is 25.1 Å². The number of nitrogens with one attached hydrogen (secondary N) is 2. The van der Waals surface area contributed by atoms with E-state index in [1.807, 2.05) is 35.4 Å². The number of pyridine rings is 1. The van der Waals surface area contributed by atoms with Gasteiger partial charge in [0.2, 0.25) is 0 Å². The summed E-state index contributed by atoms with van der Waals surface area (Å²) in [5, 5.41) is 8.96. The molecule has 6 nitrogen and oxygen atoms in total. The highest BCUT2D eigenvalue weighted by Gasteiger charge is 2.36. The number of carbonyl (C=O) groups is 1. The van der Waals surface area contributed by atoms with Crippen LogP contribution in [0.5, 0.6) is 0 Å². The third-order valence-corrected chi connectivity index (χ3v) is 4.60. The number of carbonyl (C=O) groups excluding carboxylic acids is 1. The molecule has 0 spiro atoms. The average molecular weight is 399 g/mol. The number of nitrogens with zero attached hydrogens (tertiary/aromatic N) is 3. The molecule has 3 aromatic heterocycles. The molecule has 0 aliphatic rings. The van der Waals surface area contributed by atoms with Crippen molar-refractivity contribution in [1.29, 1.82) is 0 Å². The molecule has 0 saturated carbocycles. The number of halogens is 3. The first-order valence-corrected chi connectivity index (χ1v) is 8.74. The second-order valence-electron chi connectivity index (χ2n) is 6.52. The summed E-state index contributed by atoms with van der Waals surface area (Å²) < 4.78 is 41.0. The van der Waals surface area contributed by atoms with Gasteiger partial charge in [-0.15, -0.1) is 0 Å². The second-order valence-corrected chi connectivity index (χ2v) is 6.52. The van der Waals surface area contributed by atoms with E-state index >= 15 is 0 Å². The quantitative estimate of drug-likeness (QED) is 0.546. The van der Waals surface area contributed by atoms with Gasteiger partial charge < -0.3 is 9.88 Å². The lowest BCUT2D eigenvalue weighted by Gasteiger charge is -2.08.